The fourth-order valence-electron chi connectivity index (χ4n) is 2.43. The van der Waals surface area contributed by atoms with Crippen LogP contribution in [0.1, 0.15) is 32.0 Å². The molecule has 1 fully saturated rings. The predicted molar refractivity (Wildman–Crippen MR) is 65.6 cm³/mol. The van der Waals surface area contributed by atoms with Crippen LogP contribution in [0.5, 0.6) is 0 Å². The lowest BCUT2D eigenvalue weighted by Gasteiger charge is -2.27. The van der Waals surface area contributed by atoms with E-state index in [9.17, 15) is 5.11 Å². The summed E-state index contributed by atoms with van der Waals surface area (Å²) in [6, 6.07) is 0. The number of nitrogens with one attached hydrogen (secondary N) is 1. The molecule has 0 aromatic carbocycles. The van der Waals surface area contributed by atoms with Gasteiger partial charge in [0.05, 0.1) is 6.10 Å². The molecule has 0 amide bonds. The van der Waals surface area contributed by atoms with E-state index in [-0.39, 0.29) is 6.10 Å². The first-order valence-electron chi connectivity index (χ1n) is 6.56. The van der Waals surface area contributed by atoms with Gasteiger partial charge in [-0.05, 0) is 38.3 Å². The Bertz CT molecular complexity index is 333. The Morgan fingerprint density at radius 1 is 1.53 bits per heavy atom. The lowest BCUT2D eigenvalue weighted by atomic mass is 9.90. The van der Waals surface area contributed by atoms with Crippen LogP contribution in [0, 0.1) is 5.92 Å². The lowest BCUT2D eigenvalue weighted by molar-refractivity contribution is 0.0862. The average molecular weight is 238 g/mol. The molecular formula is C12H22N4O. The first kappa shape index (κ1) is 12.5. The average Bonchev–Trinajstić information content (AvgIpc) is 2.78. The molecule has 0 aliphatic carbocycles. The second-order valence-corrected chi connectivity index (χ2v) is 4.76. The highest BCUT2D eigenvalue weighted by atomic mass is 16.3. The number of rotatable bonds is 5. The van der Waals surface area contributed by atoms with Crippen molar-refractivity contribution >= 4 is 0 Å². The van der Waals surface area contributed by atoms with Gasteiger partial charge in [0.25, 0.3) is 0 Å². The Morgan fingerprint density at radius 2 is 2.29 bits per heavy atom. The highest BCUT2D eigenvalue weighted by Crippen LogP contribution is 2.18. The van der Waals surface area contributed by atoms with Crippen molar-refractivity contribution in [1.82, 2.24) is 20.1 Å². The van der Waals surface area contributed by atoms with Crippen molar-refractivity contribution in [2.45, 2.75) is 45.3 Å². The SMILES string of the molecule is CCCn1ncnc1CC(O)C1CCNCC1. The molecule has 0 bridgehead atoms. The number of aliphatic hydroxyl groups is 1. The summed E-state index contributed by atoms with van der Waals surface area (Å²) in [4.78, 5) is 4.25. The van der Waals surface area contributed by atoms with Gasteiger partial charge in [-0.2, -0.15) is 5.10 Å². The zero-order valence-corrected chi connectivity index (χ0v) is 10.5. The predicted octanol–water partition coefficient (Wildman–Crippen LogP) is 0.591. The smallest absolute Gasteiger partial charge is 0.138 e. The van der Waals surface area contributed by atoms with Gasteiger partial charge in [0.2, 0.25) is 0 Å². The molecule has 0 spiro atoms. The molecule has 1 aromatic rings. The Morgan fingerprint density at radius 3 is 3.00 bits per heavy atom. The van der Waals surface area contributed by atoms with Crippen molar-refractivity contribution in [3.63, 3.8) is 0 Å². The van der Waals surface area contributed by atoms with Crippen molar-refractivity contribution in [1.29, 1.82) is 0 Å². The molecule has 1 unspecified atom stereocenters. The van der Waals surface area contributed by atoms with Crippen LogP contribution in [0.3, 0.4) is 0 Å². The third kappa shape index (κ3) is 3.26. The van der Waals surface area contributed by atoms with E-state index in [1.54, 1.807) is 6.33 Å². The molecule has 2 rings (SSSR count). The molecule has 1 aliphatic rings. The molecular weight excluding hydrogens is 216 g/mol. The van der Waals surface area contributed by atoms with Crippen LogP contribution in [-0.4, -0.2) is 39.1 Å². The quantitative estimate of drug-likeness (QED) is 0.788. The number of piperidine rings is 1. The maximum atomic E-state index is 10.2. The van der Waals surface area contributed by atoms with Crippen molar-refractivity contribution < 1.29 is 5.11 Å². The number of nitrogens with zero attached hydrogens (tertiary/aromatic N) is 3. The number of hydrogen-bond acceptors (Lipinski definition) is 4. The lowest BCUT2D eigenvalue weighted by Crippen LogP contribution is -2.35. The summed E-state index contributed by atoms with van der Waals surface area (Å²) in [5, 5.41) is 17.7. The third-order valence-corrected chi connectivity index (χ3v) is 3.45. The standard InChI is InChI=1S/C12H22N4O/c1-2-7-16-12(14-9-15-16)8-11(17)10-3-5-13-6-4-10/h9-11,13,17H,2-8H2,1H3. The molecule has 17 heavy (non-hydrogen) atoms. The normalized spacial score (nSPS) is 19.4. The van der Waals surface area contributed by atoms with Crippen LogP contribution in [-0.2, 0) is 13.0 Å². The van der Waals surface area contributed by atoms with Gasteiger partial charge in [0.15, 0.2) is 0 Å². The number of aliphatic hydroxyl groups excluding tert-OH is 1. The van der Waals surface area contributed by atoms with E-state index >= 15 is 0 Å². The second-order valence-electron chi connectivity index (χ2n) is 4.76. The Labute approximate surface area is 102 Å². The van der Waals surface area contributed by atoms with Gasteiger partial charge in [-0.25, -0.2) is 4.98 Å². The second kappa shape index (κ2) is 6.12. The van der Waals surface area contributed by atoms with Crippen molar-refractivity contribution in [2.75, 3.05) is 13.1 Å². The monoisotopic (exact) mass is 238 g/mol. The van der Waals surface area contributed by atoms with Crippen molar-refractivity contribution in [3.8, 4) is 0 Å². The summed E-state index contributed by atoms with van der Waals surface area (Å²) in [6.07, 6.45) is 5.09. The first-order valence-corrected chi connectivity index (χ1v) is 6.56. The molecule has 2 N–H and O–H groups in total. The number of aryl methyl sites for hydroxylation is 1. The summed E-state index contributed by atoms with van der Waals surface area (Å²) in [6.45, 7) is 5.04. The van der Waals surface area contributed by atoms with Gasteiger partial charge in [0.1, 0.15) is 12.2 Å². The van der Waals surface area contributed by atoms with Gasteiger partial charge < -0.3 is 10.4 Å². The molecule has 0 saturated carbocycles. The largest absolute Gasteiger partial charge is 0.392 e. The molecule has 96 valence electrons. The van der Waals surface area contributed by atoms with Crippen LogP contribution >= 0.6 is 0 Å². The van der Waals surface area contributed by atoms with Crippen LogP contribution in [0.4, 0.5) is 0 Å². The number of hydrogen-bond donors (Lipinski definition) is 2. The van der Waals surface area contributed by atoms with Gasteiger partial charge in [-0.15, -0.1) is 0 Å². The number of aromatic nitrogens is 3. The Kier molecular flexibility index (Phi) is 4.50. The van der Waals surface area contributed by atoms with Gasteiger partial charge in [-0.3, -0.25) is 4.68 Å². The molecule has 0 radical (unpaired) electrons. The van der Waals surface area contributed by atoms with E-state index < -0.39 is 0 Å². The molecule has 5 heteroatoms. The zero-order valence-electron chi connectivity index (χ0n) is 10.5. The highest BCUT2D eigenvalue weighted by Gasteiger charge is 2.23. The molecule has 5 nitrogen and oxygen atoms in total. The summed E-state index contributed by atoms with van der Waals surface area (Å²) in [5.74, 6) is 1.32. The van der Waals surface area contributed by atoms with E-state index in [1.165, 1.54) is 0 Å². The minimum Gasteiger partial charge on any atom is -0.392 e. The van der Waals surface area contributed by atoms with E-state index in [0.717, 1.165) is 44.7 Å². The molecule has 1 aliphatic heterocycles. The van der Waals surface area contributed by atoms with E-state index in [4.69, 9.17) is 0 Å². The fraction of sp³-hybridized carbons (Fsp3) is 0.833. The Hall–Kier alpha value is -0.940. The fourth-order valence-corrected chi connectivity index (χ4v) is 2.43. The third-order valence-electron chi connectivity index (χ3n) is 3.45. The summed E-state index contributed by atoms with van der Waals surface area (Å²) >= 11 is 0. The maximum absolute atomic E-state index is 10.2. The summed E-state index contributed by atoms with van der Waals surface area (Å²) < 4.78 is 1.91. The maximum Gasteiger partial charge on any atom is 0.138 e. The van der Waals surface area contributed by atoms with E-state index in [1.807, 2.05) is 4.68 Å². The minimum absolute atomic E-state index is 0.281. The molecule has 1 saturated heterocycles. The van der Waals surface area contributed by atoms with Crippen LogP contribution in [0.25, 0.3) is 0 Å². The van der Waals surface area contributed by atoms with Gasteiger partial charge in [-0.1, -0.05) is 6.92 Å². The zero-order chi connectivity index (χ0) is 12.1. The summed E-state index contributed by atoms with van der Waals surface area (Å²) in [7, 11) is 0. The van der Waals surface area contributed by atoms with Crippen LogP contribution < -0.4 is 5.32 Å². The van der Waals surface area contributed by atoms with E-state index in [0.29, 0.717) is 12.3 Å². The first-order chi connectivity index (χ1) is 8.31. The topological polar surface area (TPSA) is 63.0 Å². The Balaban J connectivity index is 1.92. The summed E-state index contributed by atoms with van der Waals surface area (Å²) in [5.41, 5.74) is 0. The van der Waals surface area contributed by atoms with Gasteiger partial charge in [0, 0.05) is 13.0 Å². The molecule has 2 heterocycles. The van der Waals surface area contributed by atoms with Crippen molar-refractivity contribution in [2.24, 2.45) is 5.92 Å². The van der Waals surface area contributed by atoms with Crippen molar-refractivity contribution in [3.05, 3.63) is 12.2 Å². The highest BCUT2D eigenvalue weighted by molar-refractivity contribution is 4.90. The molecule has 1 aromatic heterocycles. The van der Waals surface area contributed by atoms with Gasteiger partial charge >= 0.3 is 0 Å². The van der Waals surface area contributed by atoms with E-state index in [2.05, 4.69) is 22.3 Å². The molecule has 1 atom stereocenters. The van der Waals surface area contributed by atoms with Crippen LogP contribution in [0.2, 0.25) is 0 Å². The van der Waals surface area contributed by atoms with Crippen LogP contribution in [0.15, 0.2) is 6.33 Å². The minimum atomic E-state index is -0.281.